The van der Waals surface area contributed by atoms with E-state index in [1.165, 1.54) is 7.05 Å². The van der Waals surface area contributed by atoms with Gasteiger partial charge in [-0.2, -0.15) is 0 Å². The van der Waals surface area contributed by atoms with Crippen LogP contribution < -0.4 is 4.74 Å². The molecule has 1 fully saturated rings. The van der Waals surface area contributed by atoms with Crippen molar-refractivity contribution in [3.05, 3.63) is 29.8 Å². The first-order valence-electron chi connectivity index (χ1n) is 9.62. The van der Waals surface area contributed by atoms with Crippen LogP contribution in [0, 0.1) is 0 Å². The molecule has 0 amide bonds. The lowest BCUT2D eigenvalue weighted by Crippen LogP contribution is -2.42. The first-order chi connectivity index (χ1) is 11.5. The maximum absolute atomic E-state index is 11.3. The monoisotopic (exact) mass is 282 g/mol. The summed E-state index contributed by atoms with van der Waals surface area (Å²) in [4.78, 5) is 0.751. The van der Waals surface area contributed by atoms with Crippen molar-refractivity contribution in [3.8, 4) is 5.75 Å². The van der Waals surface area contributed by atoms with Gasteiger partial charge in [-0.1, -0.05) is 31.4 Å². The Labute approximate surface area is 129 Å². The fourth-order valence-electron chi connectivity index (χ4n) is 2.95. The average molecular weight is 282 g/mol. The Hall–Kier alpha value is -1.06. The summed E-state index contributed by atoms with van der Waals surface area (Å²) in [5.41, 5.74) is -0.707. The molecule has 3 heteroatoms. The molecule has 3 nitrogen and oxygen atoms in total. The van der Waals surface area contributed by atoms with Gasteiger partial charge in [0, 0.05) is 19.3 Å². The first kappa shape index (κ1) is 9.80. The minimum Gasteiger partial charge on any atom is -0.497 e. The zero-order valence-corrected chi connectivity index (χ0v) is 12.2. The Kier molecular flexibility index (Phi) is 3.23. The van der Waals surface area contributed by atoms with Crippen LogP contribution in [0.1, 0.15) is 50.4 Å². The molecule has 1 saturated carbocycles. The molecule has 0 saturated heterocycles. The predicted octanol–water partition coefficient (Wildman–Crippen LogP) is 3.04. The van der Waals surface area contributed by atoms with Crippen LogP contribution in [-0.4, -0.2) is 43.2 Å². The number of hydrogen-bond acceptors (Lipinski definition) is 3. The van der Waals surface area contributed by atoms with Gasteiger partial charge in [-0.25, -0.2) is 0 Å². The van der Waals surface area contributed by atoms with Crippen molar-refractivity contribution in [1.82, 2.24) is 4.90 Å². The predicted molar refractivity (Wildman–Crippen MR) is 82.3 cm³/mol. The summed E-state index contributed by atoms with van der Waals surface area (Å²) in [5, 5.41) is 11.3. The number of hydrogen-bond donors (Lipinski definition) is 1. The second-order valence-corrected chi connectivity index (χ2v) is 5.56. The van der Waals surface area contributed by atoms with E-state index in [4.69, 9.17) is 11.6 Å². The summed E-state index contributed by atoms with van der Waals surface area (Å²) >= 11 is 0. The highest BCUT2D eigenvalue weighted by atomic mass is 16.5. The van der Waals surface area contributed by atoms with E-state index in [1.54, 1.807) is 31.4 Å². The molecule has 1 aromatic carbocycles. The first-order valence-corrected chi connectivity index (χ1v) is 7.12. The van der Waals surface area contributed by atoms with Crippen LogP contribution in [0.3, 0.4) is 0 Å². The van der Waals surface area contributed by atoms with Gasteiger partial charge in [0.2, 0.25) is 0 Å². The van der Waals surface area contributed by atoms with Crippen molar-refractivity contribution in [1.29, 1.82) is 0 Å². The molecule has 1 aromatic rings. The van der Waals surface area contributed by atoms with Crippen LogP contribution >= 0.6 is 0 Å². The third kappa shape index (κ3) is 3.53. The largest absolute Gasteiger partial charge is 0.497 e. The van der Waals surface area contributed by atoms with E-state index in [1.807, 2.05) is 0 Å². The molecule has 1 aliphatic carbocycles. The smallest absolute Gasteiger partial charge is 0.118 e. The third-order valence-corrected chi connectivity index (χ3v) is 4.03. The minimum atomic E-state index is -2.60. The molecule has 1 N–H and O–H groups in total. The molecule has 1 atom stereocenters. The van der Waals surface area contributed by atoms with Gasteiger partial charge >= 0.3 is 0 Å². The Balaban J connectivity index is 2.51. The molecule has 2 rings (SSSR count). The molecule has 112 valence electrons. The van der Waals surface area contributed by atoms with Gasteiger partial charge in [-0.3, -0.25) is 0 Å². The molecular weight excluding hydrogens is 250 g/mol. The quantitative estimate of drug-likeness (QED) is 0.901. The Morgan fingerprint density at radius 1 is 1.35 bits per heavy atom. The summed E-state index contributed by atoms with van der Waals surface area (Å²) in [6.45, 7) is -4.84. The number of methoxy groups -OCH3 is 1. The Morgan fingerprint density at radius 3 is 2.55 bits per heavy atom. The van der Waals surface area contributed by atoms with E-state index in [2.05, 4.69) is 0 Å². The second kappa shape index (κ2) is 6.59. The fourth-order valence-corrected chi connectivity index (χ4v) is 2.95. The molecule has 0 radical (unpaired) electrons. The highest BCUT2D eigenvalue weighted by Gasteiger charge is 2.38. The maximum atomic E-state index is 11.3. The molecule has 20 heavy (non-hydrogen) atoms. The zero-order chi connectivity index (χ0) is 18.9. The number of rotatable bonds is 5. The fraction of sp³-hybridized carbons (Fsp3) is 0.647. The normalized spacial score (nSPS) is 24.9. The minimum absolute atomic E-state index is 0.456. The van der Waals surface area contributed by atoms with Gasteiger partial charge in [0.1, 0.15) is 5.75 Å². The zero-order valence-electron chi connectivity index (χ0n) is 17.2. The molecule has 0 bridgehead atoms. The van der Waals surface area contributed by atoms with Gasteiger partial charge in [-0.05, 0) is 44.6 Å². The number of benzene rings is 1. The topological polar surface area (TPSA) is 32.7 Å². The van der Waals surface area contributed by atoms with Crippen molar-refractivity contribution in [2.24, 2.45) is 0 Å². The second-order valence-electron chi connectivity index (χ2n) is 5.56. The summed E-state index contributed by atoms with van der Waals surface area (Å²) in [6, 6.07) is 6.84. The van der Waals surface area contributed by atoms with Crippen molar-refractivity contribution in [3.63, 3.8) is 0 Å². The van der Waals surface area contributed by atoms with E-state index in [9.17, 15) is 5.11 Å². The van der Waals surface area contributed by atoms with E-state index in [0.717, 1.165) is 24.2 Å². The Bertz CT molecular complexity index is 567. The summed E-state index contributed by atoms with van der Waals surface area (Å²) in [5.74, 6) is -0.348. The van der Waals surface area contributed by atoms with Gasteiger partial charge in [-0.15, -0.1) is 0 Å². The van der Waals surface area contributed by atoms with Crippen LogP contribution in [0.5, 0.6) is 5.75 Å². The van der Waals surface area contributed by atoms with Gasteiger partial charge in [0.15, 0.2) is 0 Å². The summed E-state index contributed by atoms with van der Waals surface area (Å²) in [7, 11) is 2.79. The van der Waals surface area contributed by atoms with Crippen molar-refractivity contribution in [2.75, 3.05) is 27.6 Å². The maximum Gasteiger partial charge on any atom is 0.118 e. The van der Waals surface area contributed by atoms with Crippen molar-refractivity contribution >= 4 is 0 Å². The SMILES string of the molecule is [2H]C([2H])([2H])N(C)C([2H])([2H])[C@H](c1ccc(OC)cc1)C1(O)CCCCC1. The van der Waals surface area contributed by atoms with Gasteiger partial charge in [0.05, 0.1) is 12.7 Å². The number of nitrogens with zero attached hydrogens (tertiary/aromatic N) is 1. The number of ether oxygens (including phenoxy) is 1. The van der Waals surface area contributed by atoms with Crippen LogP contribution in [-0.2, 0) is 0 Å². The highest BCUT2D eigenvalue weighted by molar-refractivity contribution is 5.31. The van der Waals surface area contributed by atoms with E-state index < -0.39 is 25.0 Å². The van der Waals surface area contributed by atoms with Crippen molar-refractivity contribution < 1.29 is 16.7 Å². The Morgan fingerprint density at radius 2 is 2.00 bits per heavy atom. The average Bonchev–Trinajstić information content (AvgIpc) is 2.54. The molecule has 0 spiro atoms. The number of likely N-dealkylation sites (N-methyl/N-ethyl adjacent to an activating group) is 1. The lowest BCUT2D eigenvalue weighted by molar-refractivity contribution is -0.0277. The van der Waals surface area contributed by atoms with Gasteiger partial charge < -0.3 is 14.7 Å². The van der Waals surface area contributed by atoms with E-state index >= 15 is 0 Å². The van der Waals surface area contributed by atoms with Crippen LogP contribution in [0.15, 0.2) is 24.3 Å². The molecule has 0 aromatic heterocycles. The highest BCUT2D eigenvalue weighted by Crippen LogP contribution is 2.40. The van der Waals surface area contributed by atoms with Crippen LogP contribution in [0.2, 0.25) is 0 Å². The summed E-state index contributed by atoms with van der Waals surface area (Å²) < 4.78 is 45.1. The van der Waals surface area contributed by atoms with E-state index in [0.29, 0.717) is 24.2 Å². The lowest BCUT2D eigenvalue weighted by atomic mass is 9.72. The van der Waals surface area contributed by atoms with Crippen molar-refractivity contribution in [2.45, 2.75) is 43.6 Å². The molecule has 0 unspecified atom stereocenters. The molecule has 1 aliphatic rings. The molecular formula is C17H27NO2. The van der Waals surface area contributed by atoms with Crippen LogP contribution in [0.4, 0.5) is 0 Å². The standard InChI is InChI=1S/C17H27NO2/c1-18(2)13-16(17(19)11-5-4-6-12-17)14-7-9-15(20-3)10-8-14/h7-10,16,19H,4-6,11-13H2,1-3H3/t16-/m1/s1/i1D3,13D2. The third-order valence-electron chi connectivity index (χ3n) is 4.03. The lowest BCUT2D eigenvalue weighted by Gasteiger charge is -2.40. The number of aliphatic hydroxyl groups is 1. The van der Waals surface area contributed by atoms with Crippen LogP contribution in [0.25, 0.3) is 0 Å². The van der Waals surface area contributed by atoms with E-state index in [-0.39, 0.29) is 0 Å². The molecule has 0 aliphatic heterocycles. The molecule has 0 heterocycles. The van der Waals surface area contributed by atoms with Gasteiger partial charge in [0.25, 0.3) is 0 Å². The summed E-state index contributed by atoms with van der Waals surface area (Å²) in [6.07, 6.45) is 3.51.